The van der Waals surface area contributed by atoms with Gasteiger partial charge in [-0.05, 0) is 30.7 Å². The van der Waals surface area contributed by atoms with E-state index in [1.807, 2.05) is 31.0 Å². The zero-order chi connectivity index (χ0) is 11.7. The fourth-order valence-corrected chi connectivity index (χ4v) is 1.90. The van der Waals surface area contributed by atoms with E-state index in [2.05, 4.69) is 9.97 Å². The van der Waals surface area contributed by atoms with Crippen molar-refractivity contribution < 1.29 is 0 Å². The van der Waals surface area contributed by atoms with Crippen LogP contribution in [0.5, 0.6) is 0 Å². The van der Waals surface area contributed by atoms with Gasteiger partial charge in [-0.25, -0.2) is 4.98 Å². The van der Waals surface area contributed by atoms with Crippen molar-refractivity contribution in [3.8, 4) is 0 Å². The SMILES string of the molecule is CCN(C)c1nc(Cl)nc2c(Cl)cccc12. The Bertz CT molecular complexity index is 528. The first-order chi connectivity index (χ1) is 7.63. The highest BCUT2D eigenvalue weighted by Crippen LogP contribution is 2.29. The highest BCUT2D eigenvalue weighted by molar-refractivity contribution is 6.36. The van der Waals surface area contributed by atoms with Gasteiger partial charge in [0.05, 0.1) is 10.5 Å². The Kier molecular flexibility index (Phi) is 3.17. The molecule has 84 valence electrons. The maximum absolute atomic E-state index is 6.08. The quantitative estimate of drug-likeness (QED) is 0.771. The van der Waals surface area contributed by atoms with Gasteiger partial charge in [-0.3, -0.25) is 0 Å². The minimum atomic E-state index is 0.218. The fourth-order valence-electron chi connectivity index (χ4n) is 1.52. The number of benzene rings is 1. The Balaban J connectivity index is 2.78. The van der Waals surface area contributed by atoms with Gasteiger partial charge in [0.15, 0.2) is 0 Å². The number of hydrogen-bond acceptors (Lipinski definition) is 3. The molecule has 0 aliphatic heterocycles. The van der Waals surface area contributed by atoms with Crippen molar-refractivity contribution in [2.24, 2.45) is 0 Å². The molecule has 0 unspecified atom stereocenters. The Morgan fingerprint density at radius 2 is 2.00 bits per heavy atom. The van der Waals surface area contributed by atoms with E-state index in [0.29, 0.717) is 10.5 Å². The third-order valence-corrected chi connectivity index (χ3v) is 2.94. The van der Waals surface area contributed by atoms with Crippen LogP contribution in [0.4, 0.5) is 5.82 Å². The first-order valence-corrected chi connectivity index (χ1v) is 5.72. The summed E-state index contributed by atoms with van der Waals surface area (Å²) in [4.78, 5) is 10.4. The second-order valence-electron chi connectivity index (χ2n) is 3.47. The Hall–Kier alpha value is -1.06. The lowest BCUT2D eigenvalue weighted by atomic mass is 10.2. The number of hydrogen-bond donors (Lipinski definition) is 0. The summed E-state index contributed by atoms with van der Waals surface area (Å²) in [6, 6.07) is 5.62. The van der Waals surface area contributed by atoms with Crippen molar-refractivity contribution in [3.63, 3.8) is 0 Å². The highest BCUT2D eigenvalue weighted by atomic mass is 35.5. The van der Waals surface area contributed by atoms with Gasteiger partial charge in [-0.2, -0.15) is 4.98 Å². The average Bonchev–Trinajstić information content (AvgIpc) is 2.28. The average molecular weight is 256 g/mol. The zero-order valence-corrected chi connectivity index (χ0v) is 10.5. The first kappa shape index (κ1) is 11.4. The molecule has 0 fully saturated rings. The molecule has 3 nitrogen and oxygen atoms in total. The molecule has 0 aliphatic rings. The van der Waals surface area contributed by atoms with E-state index in [9.17, 15) is 0 Å². The lowest BCUT2D eigenvalue weighted by molar-refractivity contribution is 0.940. The van der Waals surface area contributed by atoms with Gasteiger partial charge in [0.2, 0.25) is 5.28 Å². The van der Waals surface area contributed by atoms with E-state index in [1.165, 1.54) is 0 Å². The van der Waals surface area contributed by atoms with E-state index in [1.54, 1.807) is 6.07 Å². The lowest BCUT2D eigenvalue weighted by Crippen LogP contribution is -2.18. The Labute approximate surface area is 104 Å². The predicted molar refractivity (Wildman–Crippen MR) is 68.5 cm³/mol. The summed E-state index contributed by atoms with van der Waals surface area (Å²) in [5.74, 6) is 0.806. The van der Waals surface area contributed by atoms with Gasteiger partial charge in [0.25, 0.3) is 0 Å². The van der Waals surface area contributed by atoms with Gasteiger partial charge in [-0.1, -0.05) is 17.7 Å². The topological polar surface area (TPSA) is 29.0 Å². The van der Waals surface area contributed by atoms with Gasteiger partial charge in [-0.15, -0.1) is 0 Å². The summed E-state index contributed by atoms with van der Waals surface area (Å²) in [5, 5.41) is 1.73. The van der Waals surface area contributed by atoms with Crippen LogP contribution in [0.1, 0.15) is 6.92 Å². The maximum atomic E-state index is 6.08. The number of halogens is 2. The molecule has 0 saturated carbocycles. The molecule has 0 aliphatic carbocycles. The largest absolute Gasteiger partial charge is 0.359 e. The van der Waals surface area contributed by atoms with E-state index < -0.39 is 0 Å². The smallest absolute Gasteiger partial charge is 0.224 e. The molecular formula is C11H11Cl2N3. The van der Waals surface area contributed by atoms with Crippen LogP contribution < -0.4 is 4.90 Å². The standard InChI is InChI=1S/C11H11Cl2N3/c1-3-16(2)10-7-5-4-6-8(12)9(7)14-11(13)15-10/h4-6H,3H2,1-2H3. The van der Waals surface area contributed by atoms with Crippen LogP contribution in [-0.2, 0) is 0 Å². The molecule has 1 aromatic heterocycles. The minimum Gasteiger partial charge on any atom is -0.359 e. The molecule has 16 heavy (non-hydrogen) atoms. The molecule has 0 spiro atoms. The van der Waals surface area contributed by atoms with Crippen LogP contribution in [0.15, 0.2) is 18.2 Å². The van der Waals surface area contributed by atoms with Crippen LogP contribution in [0.2, 0.25) is 10.3 Å². The van der Waals surface area contributed by atoms with Crippen molar-refractivity contribution in [2.45, 2.75) is 6.92 Å². The van der Waals surface area contributed by atoms with Crippen molar-refractivity contribution in [1.29, 1.82) is 0 Å². The van der Waals surface area contributed by atoms with E-state index in [0.717, 1.165) is 17.7 Å². The molecule has 2 aromatic rings. The number of nitrogens with zero attached hydrogens (tertiary/aromatic N) is 3. The van der Waals surface area contributed by atoms with Crippen LogP contribution in [0.3, 0.4) is 0 Å². The van der Waals surface area contributed by atoms with E-state index in [4.69, 9.17) is 23.2 Å². The van der Waals surface area contributed by atoms with Crippen LogP contribution in [0, 0.1) is 0 Å². The third-order valence-electron chi connectivity index (χ3n) is 2.47. The van der Waals surface area contributed by atoms with Crippen LogP contribution >= 0.6 is 23.2 Å². The Morgan fingerprint density at radius 3 is 2.69 bits per heavy atom. The molecular weight excluding hydrogens is 245 g/mol. The summed E-state index contributed by atoms with van der Waals surface area (Å²) in [6.07, 6.45) is 0. The monoisotopic (exact) mass is 255 g/mol. The molecule has 0 bridgehead atoms. The Morgan fingerprint density at radius 1 is 1.25 bits per heavy atom. The van der Waals surface area contributed by atoms with Crippen molar-refractivity contribution in [3.05, 3.63) is 28.5 Å². The van der Waals surface area contributed by atoms with Gasteiger partial charge in [0.1, 0.15) is 5.82 Å². The summed E-state index contributed by atoms with van der Waals surface area (Å²) >= 11 is 12.0. The number of anilines is 1. The molecule has 2 rings (SSSR count). The summed E-state index contributed by atoms with van der Waals surface area (Å²) in [7, 11) is 1.96. The number of fused-ring (bicyclic) bond motifs is 1. The molecule has 5 heteroatoms. The van der Waals surface area contributed by atoms with Crippen molar-refractivity contribution in [2.75, 3.05) is 18.5 Å². The van der Waals surface area contributed by atoms with Gasteiger partial charge >= 0.3 is 0 Å². The van der Waals surface area contributed by atoms with Gasteiger partial charge < -0.3 is 4.90 Å². The number of para-hydroxylation sites is 1. The number of rotatable bonds is 2. The van der Waals surface area contributed by atoms with E-state index in [-0.39, 0.29) is 5.28 Å². The minimum absolute atomic E-state index is 0.218. The van der Waals surface area contributed by atoms with Gasteiger partial charge in [0, 0.05) is 19.0 Å². The van der Waals surface area contributed by atoms with E-state index >= 15 is 0 Å². The maximum Gasteiger partial charge on any atom is 0.224 e. The second-order valence-corrected chi connectivity index (χ2v) is 4.21. The van der Waals surface area contributed by atoms with Crippen LogP contribution in [0.25, 0.3) is 10.9 Å². The fraction of sp³-hybridized carbons (Fsp3) is 0.273. The third kappa shape index (κ3) is 1.93. The molecule has 0 N–H and O–H groups in total. The molecule has 0 amide bonds. The molecule has 1 heterocycles. The van der Waals surface area contributed by atoms with Crippen molar-refractivity contribution >= 4 is 39.9 Å². The van der Waals surface area contributed by atoms with Crippen molar-refractivity contribution in [1.82, 2.24) is 9.97 Å². The molecule has 0 atom stereocenters. The summed E-state index contributed by atoms with van der Waals surface area (Å²) in [5.41, 5.74) is 0.694. The predicted octanol–water partition coefficient (Wildman–Crippen LogP) is 3.39. The number of aromatic nitrogens is 2. The normalized spacial score (nSPS) is 10.8. The lowest BCUT2D eigenvalue weighted by Gasteiger charge is -2.17. The summed E-state index contributed by atoms with van der Waals surface area (Å²) in [6.45, 7) is 2.89. The highest BCUT2D eigenvalue weighted by Gasteiger charge is 2.11. The summed E-state index contributed by atoms with van der Waals surface area (Å²) < 4.78 is 0. The molecule has 1 aromatic carbocycles. The molecule has 0 saturated heterocycles. The first-order valence-electron chi connectivity index (χ1n) is 4.96. The molecule has 0 radical (unpaired) electrons. The zero-order valence-electron chi connectivity index (χ0n) is 9.04. The van der Waals surface area contributed by atoms with Crippen LogP contribution in [-0.4, -0.2) is 23.6 Å². The second kappa shape index (κ2) is 4.44.